The van der Waals surface area contributed by atoms with E-state index in [0.29, 0.717) is 12.8 Å². The average molecular weight is 1290 g/mol. The first-order valence-electron chi connectivity index (χ1n) is 33.8. The number of unbranched alkanes of at least 4 members (excludes halogenated alkanes) is 28. The third-order valence-electron chi connectivity index (χ3n) is 17.6. The molecule has 0 radical (unpaired) electrons. The Morgan fingerprint density at radius 1 is 0.551 bits per heavy atom. The second-order valence-corrected chi connectivity index (χ2v) is 25.0. The van der Waals surface area contributed by atoms with Crippen molar-refractivity contribution in [2.45, 2.75) is 348 Å². The quantitative estimate of drug-likeness (QED) is 0.0387. The third-order valence-corrected chi connectivity index (χ3v) is 17.6. The largest absolute Gasteiger partial charge is 0.477 e. The molecule has 0 saturated carbocycles. The van der Waals surface area contributed by atoms with E-state index in [4.69, 9.17) is 28.4 Å². The third kappa shape index (κ3) is 28.2. The van der Waals surface area contributed by atoms with Gasteiger partial charge in [-0.2, -0.15) is 0 Å². The van der Waals surface area contributed by atoms with E-state index in [1.54, 1.807) is 0 Å². The molecule has 26 heteroatoms. The van der Waals surface area contributed by atoms with Gasteiger partial charge in [0.25, 0.3) is 5.79 Å². The lowest BCUT2D eigenvalue weighted by atomic mass is 9.88. The van der Waals surface area contributed by atoms with Crippen LogP contribution in [0.4, 0.5) is 0 Å². The number of hydrogen-bond donors (Lipinski definition) is 17. The van der Waals surface area contributed by atoms with Gasteiger partial charge in [0.2, 0.25) is 11.8 Å². The summed E-state index contributed by atoms with van der Waals surface area (Å²) in [5.74, 6) is -7.20. The topological polar surface area (TPSA) is 434 Å². The molecule has 3 rings (SSSR count). The van der Waals surface area contributed by atoms with E-state index in [9.17, 15) is 91.0 Å². The highest BCUT2D eigenvalue weighted by Crippen LogP contribution is 2.39. The molecule has 89 heavy (non-hydrogen) atoms. The van der Waals surface area contributed by atoms with E-state index in [0.717, 1.165) is 57.8 Å². The summed E-state index contributed by atoms with van der Waals surface area (Å²) in [6.45, 7) is -0.544. The van der Waals surface area contributed by atoms with Crippen LogP contribution >= 0.6 is 0 Å². The predicted molar refractivity (Wildman–Crippen MR) is 324 cm³/mol. The number of ether oxygens (including phenoxy) is 6. The Bertz CT molecular complexity index is 1850. The zero-order valence-corrected chi connectivity index (χ0v) is 53.2. The van der Waals surface area contributed by atoms with Crippen LogP contribution < -0.4 is 10.6 Å². The van der Waals surface area contributed by atoms with Crippen LogP contribution in [0.3, 0.4) is 0 Å². The standard InChI is InChI=1S/C63H118N2O24/c1-3-5-7-9-11-13-15-17-18-19-20-21-22-24-26-28-30-32-34-43(71)59(81)64-41(50(75)42(70)33-31-29-27-25-23-16-14-12-10-8-6-4-2)40-84-60-54(79)53(78)56(47(38-68)86-60)87-61-55(80)58(52(77)46(37-67)85-61)89-63(62(82)83)35-44(72)49(65-48(74)39-69)57(88-63)51(76)45(73)36-66/h41-47,49-58,60-61,66-73,75-80H,3-40H2,1-2H3,(H,64,81)(H,65,74)(H,82,83). The molecule has 3 aliphatic rings. The molecule has 2 amide bonds. The lowest BCUT2D eigenvalue weighted by molar-refractivity contribution is -0.386. The lowest BCUT2D eigenvalue weighted by Gasteiger charge is -2.50. The number of rotatable bonds is 51. The van der Waals surface area contributed by atoms with Crippen LogP contribution in [0.1, 0.15) is 226 Å². The summed E-state index contributed by atoms with van der Waals surface area (Å²) >= 11 is 0. The Balaban J connectivity index is 1.66. The fourth-order valence-electron chi connectivity index (χ4n) is 12.0. The van der Waals surface area contributed by atoms with Gasteiger partial charge in [0.1, 0.15) is 86.0 Å². The Morgan fingerprint density at radius 3 is 1.46 bits per heavy atom. The zero-order chi connectivity index (χ0) is 65.7. The maximum absolute atomic E-state index is 13.5. The molecular formula is C63H118N2O24. The molecule has 20 unspecified atom stereocenters. The van der Waals surface area contributed by atoms with Crippen molar-refractivity contribution in [1.29, 1.82) is 0 Å². The highest BCUT2D eigenvalue weighted by atomic mass is 16.8. The van der Waals surface area contributed by atoms with Gasteiger partial charge < -0.3 is 116 Å². The van der Waals surface area contributed by atoms with Crippen molar-refractivity contribution in [3.8, 4) is 0 Å². The first-order chi connectivity index (χ1) is 42.7. The number of aliphatic carboxylic acids is 1. The number of carboxylic acids is 1. The van der Waals surface area contributed by atoms with Gasteiger partial charge >= 0.3 is 5.97 Å². The van der Waals surface area contributed by atoms with E-state index in [1.807, 2.05) is 0 Å². The van der Waals surface area contributed by atoms with E-state index in [-0.39, 0.29) is 12.8 Å². The van der Waals surface area contributed by atoms with Crippen LogP contribution in [-0.2, 0) is 42.8 Å². The molecule has 17 N–H and O–H groups in total. The Morgan fingerprint density at radius 2 is 1.01 bits per heavy atom. The van der Waals surface area contributed by atoms with Gasteiger partial charge in [-0.15, -0.1) is 0 Å². The van der Waals surface area contributed by atoms with Crippen molar-refractivity contribution >= 4 is 17.8 Å². The number of carbonyl (C=O) groups excluding carboxylic acids is 2. The maximum atomic E-state index is 13.5. The van der Waals surface area contributed by atoms with Crippen LogP contribution in [0.25, 0.3) is 0 Å². The van der Waals surface area contributed by atoms with E-state index >= 15 is 0 Å². The van der Waals surface area contributed by atoms with Gasteiger partial charge in [0, 0.05) is 6.42 Å². The average Bonchev–Trinajstić information content (AvgIpc) is 0.847. The molecule has 3 aliphatic heterocycles. The van der Waals surface area contributed by atoms with E-state index in [2.05, 4.69) is 24.5 Å². The predicted octanol–water partition coefficient (Wildman–Crippen LogP) is 1.86. The van der Waals surface area contributed by atoms with Crippen LogP contribution in [0.15, 0.2) is 0 Å². The summed E-state index contributed by atoms with van der Waals surface area (Å²) in [4.78, 5) is 38.7. The van der Waals surface area contributed by atoms with Gasteiger partial charge in [-0.05, 0) is 12.8 Å². The van der Waals surface area contributed by atoms with Gasteiger partial charge in [0.05, 0.1) is 50.7 Å². The molecule has 0 spiro atoms. The van der Waals surface area contributed by atoms with Crippen molar-refractivity contribution in [3.63, 3.8) is 0 Å². The van der Waals surface area contributed by atoms with Gasteiger partial charge in [0.15, 0.2) is 12.6 Å². The van der Waals surface area contributed by atoms with Gasteiger partial charge in [-0.3, -0.25) is 9.59 Å². The Kier molecular flexibility index (Phi) is 41.7. The SMILES string of the molecule is CCCCCCCCCCCCCCCCCCCCC(O)C(=O)NC(COC1OC(CO)C(OC2OC(CO)C(O)C(OC3(C(=O)O)CC(O)C(NC(=O)CO)C(C(O)C(O)CO)O3)C2O)C(O)C1O)C(O)C(O)CCCCCCCCCCCCCC. The molecule has 0 bridgehead atoms. The molecule has 26 nitrogen and oxygen atoms in total. The minimum Gasteiger partial charge on any atom is -0.477 e. The molecule has 0 aromatic carbocycles. The molecule has 20 atom stereocenters. The van der Waals surface area contributed by atoms with Crippen LogP contribution in [0.2, 0.25) is 0 Å². The van der Waals surface area contributed by atoms with Crippen molar-refractivity contribution in [3.05, 3.63) is 0 Å². The van der Waals surface area contributed by atoms with Gasteiger partial charge in [-0.1, -0.05) is 206 Å². The number of aliphatic hydroxyl groups is 14. The molecule has 3 saturated heterocycles. The maximum Gasteiger partial charge on any atom is 0.364 e. The molecule has 0 aliphatic carbocycles. The normalized spacial score (nSPS) is 29.5. The molecular weight excluding hydrogens is 1170 g/mol. The molecule has 0 aromatic rings. The second kappa shape index (κ2) is 45.9. The number of hydrogen-bond acceptors (Lipinski definition) is 23. The number of amides is 2. The minimum absolute atomic E-state index is 0.127. The van der Waals surface area contributed by atoms with Gasteiger partial charge in [-0.25, -0.2) is 4.79 Å². The molecule has 3 heterocycles. The minimum atomic E-state index is -3.17. The molecule has 3 fully saturated rings. The van der Waals surface area contributed by atoms with E-state index < -0.39 is 179 Å². The van der Waals surface area contributed by atoms with E-state index in [1.165, 1.54) is 122 Å². The second-order valence-electron chi connectivity index (χ2n) is 25.0. The van der Waals surface area contributed by atoms with Crippen LogP contribution in [-0.4, -0.2) is 249 Å². The summed E-state index contributed by atoms with van der Waals surface area (Å²) < 4.78 is 34.4. The highest BCUT2D eigenvalue weighted by Gasteiger charge is 2.60. The summed E-state index contributed by atoms with van der Waals surface area (Å²) in [6, 6.07) is -3.16. The van der Waals surface area contributed by atoms with Crippen molar-refractivity contribution in [2.24, 2.45) is 0 Å². The molecule has 524 valence electrons. The smallest absolute Gasteiger partial charge is 0.364 e. The monoisotopic (exact) mass is 1290 g/mol. The number of nitrogens with one attached hydrogen (secondary N) is 2. The first-order valence-corrected chi connectivity index (χ1v) is 33.8. The Labute approximate surface area is 527 Å². The number of aliphatic hydroxyl groups excluding tert-OH is 14. The zero-order valence-electron chi connectivity index (χ0n) is 53.2. The summed E-state index contributed by atoms with van der Waals surface area (Å²) in [6.07, 6.45) is 0.287. The highest BCUT2D eigenvalue weighted by molar-refractivity contribution is 5.80. The van der Waals surface area contributed by atoms with Crippen LogP contribution in [0.5, 0.6) is 0 Å². The van der Waals surface area contributed by atoms with Crippen molar-refractivity contribution < 1.29 is 119 Å². The number of carboxylic acid groups (broad SMARTS) is 1. The summed E-state index contributed by atoms with van der Waals surface area (Å²) in [5.41, 5.74) is 0. The lowest BCUT2D eigenvalue weighted by Crippen LogP contribution is -2.71. The first kappa shape index (κ1) is 80.8. The number of carbonyl (C=O) groups is 3. The van der Waals surface area contributed by atoms with Crippen molar-refractivity contribution in [2.75, 3.05) is 33.0 Å². The fraction of sp³-hybridized carbons (Fsp3) is 0.952. The van der Waals surface area contributed by atoms with Crippen LogP contribution in [0, 0.1) is 0 Å². The summed E-state index contributed by atoms with van der Waals surface area (Å²) in [5, 5.41) is 167. The Hall–Kier alpha value is -2.39. The van der Waals surface area contributed by atoms with Crippen molar-refractivity contribution in [1.82, 2.24) is 10.6 Å². The summed E-state index contributed by atoms with van der Waals surface area (Å²) in [7, 11) is 0. The fourth-order valence-corrected chi connectivity index (χ4v) is 12.0. The molecule has 0 aromatic heterocycles.